The summed E-state index contributed by atoms with van der Waals surface area (Å²) in [6.45, 7) is 16.7. The number of hydrogen-bond acceptors (Lipinski definition) is 5. The van der Waals surface area contributed by atoms with E-state index in [4.69, 9.17) is 4.52 Å². The first-order valence-corrected chi connectivity index (χ1v) is 9.38. The van der Waals surface area contributed by atoms with E-state index in [0.717, 1.165) is 32.1 Å². The zero-order valence-electron chi connectivity index (χ0n) is 16.7. The maximum Gasteiger partial charge on any atom is 0.232 e. The highest BCUT2D eigenvalue weighted by Crippen LogP contribution is 2.20. The van der Waals surface area contributed by atoms with Crippen molar-refractivity contribution in [2.75, 3.05) is 39.8 Å². The first kappa shape index (κ1) is 19.7. The number of nitrogens with zero attached hydrogens (tertiary/aromatic N) is 5. The van der Waals surface area contributed by atoms with Crippen LogP contribution in [-0.2, 0) is 12.0 Å². The van der Waals surface area contributed by atoms with E-state index < -0.39 is 0 Å². The minimum absolute atomic E-state index is 0.125. The molecule has 1 atom stereocenters. The lowest BCUT2D eigenvalue weighted by Gasteiger charge is -2.24. The molecule has 0 spiro atoms. The second-order valence-corrected chi connectivity index (χ2v) is 7.75. The van der Waals surface area contributed by atoms with E-state index in [1.165, 1.54) is 13.0 Å². The van der Waals surface area contributed by atoms with Gasteiger partial charge < -0.3 is 19.6 Å². The topological polar surface area (TPSA) is 69.8 Å². The SMILES string of the molecule is CCN(CC)CC1CCN(C(=NC)NCc2noc(C(C)(C)C)n2)C1. The quantitative estimate of drug-likeness (QED) is 0.626. The van der Waals surface area contributed by atoms with E-state index in [1.54, 1.807) is 0 Å². The molecule has 2 heterocycles. The van der Waals surface area contributed by atoms with E-state index in [0.29, 0.717) is 24.2 Å². The normalized spacial score (nSPS) is 19.1. The van der Waals surface area contributed by atoms with Crippen molar-refractivity contribution in [1.82, 2.24) is 25.3 Å². The van der Waals surface area contributed by atoms with E-state index in [1.807, 2.05) is 7.05 Å². The predicted octanol–water partition coefficient (Wildman–Crippen LogP) is 2.11. The van der Waals surface area contributed by atoms with Gasteiger partial charge in [0.1, 0.15) is 0 Å². The molecule has 1 aliphatic rings. The number of aromatic nitrogens is 2. The molecule has 0 aromatic carbocycles. The first-order valence-electron chi connectivity index (χ1n) is 9.38. The molecule has 1 aliphatic heterocycles. The van der Waals surface area contributed by atoms with Crippen molar-refractivity contribution >= 4 is 5.96 Å². The summed E-state index contributed by atoms with van der Waals surface area (Å²) >= 11 is 0. The molecule has 7 nitrogen and oxygen atoms in total. The van der Waals surface area contributed by atoms with Crippen molar-refractivity contribution in [3.8, 4) is 0 Å². The van der Waals surface area contributed by atoms with Crippen LogP contribution in [0.3, 0.4) is 0 Å². The fourth-order valence-electron chi connectivity index (χ4n) is 3.14. The Morgan fingerprint density at radius 1 is 1.36 bits per heavy atom. The van der Waals surface area contributed by atoms with Crippen LogP contribution in [0, 0.1) is 5.92 Å². The Bertz CT molecular complexity index is 558. The Kier molecular flexibility index (Phi) is 6.81. The van der Waals surface area contributed by atoms with Gasteiger partial charge in [0.25, 0.3) is 0 Å². The summed E-state index contributed by atoms with van der Waals surface area (Å²) in [5, 5.41) is 7.43. The maximum atomic E-state index is 5.35. The molecule has 25 heavy (non-hydrogen) atoms. The van der Waals surface area contributed by atoms with Gasteiger partial charge in [-0.1, -0.05) is 39.8 Å². The van der Waals surface area contributed by atoms with Crippen molar-refractivity contribution < 1.29 is 4.52 Å². The number of hydrogen-bond donors (Lipinski definition) is 1. The summed E-state index contributed by atoms with van der Waals surface area (Å²) in [4.78, 5) is 13.7. The third kappa shape index (κ3) is 5.42. The Hall–Kier alpha value is -1.63. The Balaban J connectivity index is 1.86. The third-order valence-electron chi connectivity index (χ3n) is 4.72. The van der Waals surface area contributed by atoms with Gasteiger partial charge in [0.15, 0.2) is 11.8 Å². The molecule has 0 amide bonds. The molecule has 0 saturated carbocycles. The van der Waals surface area contributed by atoms with Crippen LogP contribution in [0.2, 0.25) is 0 Å². The molecular weight excluding hydrogens is 316 g/mol. The van der Waals surface area contributed by atoms with Crippen molar-refractivity contribution in [3.05, 3.63) is 11.7 Å². The molecule has 0 aliphatic carbocycles. The molecule has 2 rings (SSSR count). The molecule has 1 N–H and O–H groups in total. The van der Waals surface area contributed by atoms with Gasteiger partial charge in [-0.15, -0.1) is 0 Å². The average molecular weight is 351 g/mol. The average Bonchev–Trinajstić information content (AvgIpc) is 3.22. The fraction of sp³-hybridized carbons (Fsp3) is 0.833. The van der Waals surface area contributed by atoms with Crippen LogP contribution in [0.5, 0.6) is 0 Å². The minimum Gasteiger partial charge on any atom is -0.349 e. The van der Waals surface area contributed by atoms with E-state index in [-0.39, 0.29) is 5.41 Å². The second-order valence-electron chi connectivity index (χ2n) is 7.75. The van der Waals surface area contributed by atoms with Crippen LogP contribution in [-0.4, -0.2) is 65.7 Å². The molecule has 1 unspecified atom stereocenters. The molecule has 1 fully saturated rings. The molecule has 0 radical (unpaired) electrons. The van der Waals surface area contributed by atoms with Crippen LogP contribution < -0.4 is 5.32 Å². The molecule has 7 heteroatoms. The summed E-state index contributed by atoms with van der Waals surface area (Å²) in [5.41, 5.74) is -0.125. The number of nitrogens with one attached hydrogen (secondary N) is 1. The van der Waals surface area contributed by atoms with Gasteiger partial charge in [-0.2, -0.15) is 4.98 Å². The highest BCUT2D eigenvalue weighted by atomic mass is 16.5. The van der Waals surface area contributed by atoms with Gasteiger partial charge in [0, 0.05) is 32.1 Å². The number of likely N-dealkylation sites (tertiary alicyclic amines) is 1. The van der Waals surface area contributed by atoms with Gasteiger partial charge in [0.2, 0.25) is 5.89 Å². The second kappa shape index (κ2) is 8.65. The zero-order chi connectivity index (χ0) is 18.4. The molecule has 1 saturated heterocycles. The largest absolute Gasteiger partial charge is 0.349 e. The number of guanidine groups is 1. The summed E-state index contributed by atoms with van der Waals surface area (Å²) in [6.07, 6.45) is 1.22. The van der Waals surface area contributed by atoms with E-state index in [9.17, 15) is 0 Å². The smallest absolute Gasteiger partial charge is 0.232 e. The lowest BCUT2D eigenvalue weighted by molar-refractivity contribution is 0.255. The van der Waals surface area contributed by atoms with Crippen LogP contribution in [0.4, 0.5) is 0 Å². The molecule has 1 aromatic heterocycles. The lowest BCUT2D eigenvalue weighted by atomic mass is 9.97. The summed E-state index contributed by atoms with van der Waals surface area (Å²) in [5.74, 6) is 2.96. The molecular formula is C18H34N6O. The van der Waals surface area contributed by atoms with Gasteiger partial charge in [-0.05, 0) is 25.4 Å². The van der Waals surface area contributed by atoms with Crippen molar-refractivity contribution in [3.63, 3.8) is 0 Å². The standard InChI is InChI=1S/C18H34N6O/c1-7-23(8-2)12-14-9-10-24(13-14)17(19-6)20-11-15-21-16(25-22-15)18(3,4)5/h14H,7-13H2,1-6H3,(H,19,20). The van der Waals surface area contributed by atoms with Crippen molar-refractivity contribution in [2.45, 2.75) is 53.0 Å². The highest BCUT2D eigenvalue weighted by Gasteiger charge is 2.26. The fourth-order valence-corrected chi connectivity index (χ4v) is 3.14. The van der Waals surface area contributed by atoms with Crippen molar-refractivity contribution in [1.29, 1.82) is 0 Å². The Labute approximate surface area is 151 Å². The minimum atomic E-state index is -0.125. The highest BCUT2D eigenvalue weighted by molar-refractivity contribution is 5.80. The van der Waals surface area contributed by atoms with Gasteiger partial charge >= 0.3 is 0 Å². The van der Waals surface area contributed by atoms with Gasteiger partial charge in [-0.3, -0.25) is 4.99 Å². The van der Waals surface area contributed by atoms with Crippen LogP contribution in [0.1, 0.15) is 52.8 Å². The van der Waals surface area contributed by atoms with E-state index in [2.05, 4.69) is 64.9 Å². The zero-order valence-corrected chi connectivity index (χ0v) is 16.7. The Morgan fingerprint density at radius 2 is 2.08 bits per heavy atom. The van der Waals surface area contributed by atoms with Crippen LogP contribution in [0.15, 0.2) is 9.52 Å². The first-order chi connectivity index (χ1) is 11.9. The Morgan fingerprint density at radius 3 is 2.64 bits per heavy atom. The third-order valence-corrected chi connectivity index (χ3v) is 4.72. The number of aliphatic imine (C=N–C) groups is 1. The molecule has 1 aromatic rings. The monoisotopic (exact) mass is 350 g/mol. The van der Waals surface area contributed by atoms with Crippen molar-refractivity contribution in [2.24, 2.45) is 10.9 Å². The number of rotatable bonds is 6. The van der Waals surface area contributed by atoms with Crippen LogP contribution in [0.25, 0.3) is 0 Å². The molecule has 142 valence electrons. The predicted molar refractivity (Wildman–Crippen MR) is 101 cm³/mol. The van der Waals surface area contributed by atoms with Crippen LogP contribution >= 0.6 is 0 Å². The summed E-state index contributed by atoms with van der Waals surface area (Å²) < 4.78 is 5.35. The van der Waals surface area contributed by atoms with Gasteiger partial charge in [0.05, 0.1) is 6.54 Å². The summed E-state index contributed by atoms with van der Waals surface area (Å²) in [7, 11) is 1.83. The lowest BCUT2D eigenvalue weighted by Crippen LogP contribution is -2.40. The van der Waals surface area contributed by atoms with Gasteiger partial charge in [-0.25, -0.2) is 0 Å². The summed E-state index contributed by atoms with van der Waals surface area (Å²) in [6, 6.07) is 0. The molecule has 0 bridgehead atoms. The van der Waals surface area contributed by atoms with E-state index >= 15 is 0 Å². The maximum absolute atomic E-state index is 5.35.